The number of nitrogens with one attached hydrogen (secondary N) is 2. The summed E-state index contributed by atoms with van der Waals surface area (Å²) in [6.45, 7) is 0. The van der Waals surface area contributed by atoms with Crippen LogP contribution in [0.25, 0.3) is 0 Å². The van der Waals surface area contributed by atoms with E-state index in [-0.39, 0.29) is 25.0 Å². The third-order valence-corrected chi connectivity index (χ3v) is 5.37. The number of nitrogens with two attached hydrogens (primary N) is 1. The number of aryl methyl sites for hydroxylation is 2. The number of aliphatic imine (C=N–C) groups is 1. The fourth-order valence-electron chi connectivity index (χ4n) is 3.58. The summed E-state index contributed by atoms with van der Waals surface area (Å²) < 4.78 is 9.28. The molecule has 1 aromatic heterocycles. The number of aromatic nitrogens is 1. The molecular formula is C23H26N4O6. The summed E-state index contributed by atoms with van der Waals surface area (Å²) in [7, 11) is 2.47. The number of rotatable bonds is 9. The van der Waals surface area contributed by atoms with E-state index in [9.17, 15) is 19.2 Å². The molecule has 2 aromatic rings. The number of ketones is 1. The van der Waals surface area contributed by atoms with Gasteiger partial charge in [-0.15, -0.1) is 0 Å². The van der Waals surface area contributed by atoms with Gasteiger partial charge in [-0.3, -0.25) is 14.4 Å². The predicted octanol–water partition coefficient (Wildman–Crippen LogP) is 1.60. The fraction of sp³-hybridized carbons (Fsp3) is 0.348. The Labute approximate surface area is 190 Å². The largest absolute Gasteiger partial charge is 0.469 e. The minimum atomic E-state index is -0.963. The van der Waals surface area contributed by atoms with E-state index in [4.69, 9.17) is 10.5 Å². The molecule has 0 bridgehead atoms. The van der Waals surface area contributed by atoms with Gasteiger partial charge in [0, 0.05) is 18.2 Å². The van der Waals surface area contributed by atoms with Crippen LogP contribution >= 0.6 is 0 Å². The van der Waals surface area contributed by atoms with Gasteiger partial charge in [-0.05, 0) is 42.5 Å². The predicted molar refractivity (Wildman–Crippen MR) is 119 cm³/mol. The molecule has 0 spiro atoms. The molecule has 0 unspecified atom stereocenters. The molecular weight excluding hydrogens is 428 g/mol. The number of carbonyl (C=O) groups is 4. The topological polar surface area (TPSA) is 153 Å². The lowest BCUT2D eigenvalue weighted by Crippen LogP contribution is -2.41. The van der Waals surface area contributed by atoms with Crippen molar-refractivity contribution in [2.45, 2.75) is 38.1 Å². The number of amidine groups is 1. The number of nitrogens with zero attached hydrogens (tertiary/aromatic N) is 1. The first-order valence-corrected chi connectivity index (χ1v) is 10.4. The van der Waals surface area contributed by atoms with Gasteiger partial charge < -0.3 is 25.5 Å². The Morgan fingerprint density at radius 3 is 2.55 bits per heavy atom. The van der Waals surface area contributed by atoms with Crippen LogP contribution in [0.1, 0.15) is 51.1 Å². The zero-order chi connectivity index (χ0) is 24.0. The highest BCUT2D eigenvalue weighted by Gasteiger charge is 2.24. The molecule has 0 saturated heterocycles. The monoisotopic (exact) mass is 454 g/mol. The van der Waals surface area contributed by atoms with Crippen molar-refractivity contribution in [1.29, 1.82) is 0 Å². The van der Waals surface area contributed by atoms with Gasteiger partial charge in [0.2, 0.25) is 0 Å². The molecule has 2 heterocycles. The van der Waals surface area contributed by atoms with Crippen LogP contribution in [-0.4, -0.2) is 54.7 Å². The van der Waals surface area contributed by atoms with Crippen molar-refractivity contribution in [3.63, 3.8) is 0 Å². The molecule has 1 aromatic carbocycles. The minimum Gasteiger partial charge on any atom is -0.469 e. The van der Waals surface area contributed by atoms with E-state index >= 15 is 0 Å². The molecule has 0 saturated carbocycles. The first kappa shape index (κ1) is 23.7. The fourth-order valence-corrected chi connectivity index (χ4v) is 3.58. The average Bonchev–Trinajstić information content (AvgIpc) is 3.22. The zero-order valence-electron chi connectivity index (χ0n) is 18.5. The van der Waals surface area contributed by atoms with Gasteiger partial charge in [-0.25, -0.2) is 9.79 Å². The number of carbonyl (C=O) groups excluding carboxylic acids is 4. The highest BCUT2D eigenvalue weighted by atomic mass is 16.5. The van der Waals surface area contributed by atoms with Gasteiger partial charge in [0.15, 0.2) is 5.78 Å². The molecule has 4 N–H and O–H groups in total. The highest BCUT2D eigenvalue weighted by molar-refractivity contribution is 6.15. The summed E-state index contributed by atoms with van der Waals surface area (Å²) in [5.41, 5.74) is 8.47. The highest BCUT2D eigenvalue weighted by Crippen LogP contribution is 2.28. The number of Topliss-reactive ketones (excluding diaryl/α,β-unsaturated/α-hetero) is 1. The average molecular weight is 454 g/mol. The van der Waals surface area contributed by atoms with Crippen LogP contribution < -0.4 is 11.1 Å². The summed E-state index contributed by atoms with van der Waals surface area (Å²) in [5.74, 6) is -0.828. The van der Waals surface area contributed by atoms with Crippen LogP contribution in [0.15, 0.2) is 35.5 Å². The first-order valence-electron chi connectivity index (χ1n) is 10.4. The molecule has 1 amide bonds. The number of ether oxygens (including phenoxy) is 2. The molecule has 0 fully saturated rings. The zero-order valence-corrected chi connectivity index (χ0v) is 18.5. The molecule has 3 rings (SSSR count). The minimum absolute atomic E-state index is 0.0290. The number of methoxy groups -OCH3 is 2. The molecule has 10 nitrogen and oxygen atoms in total. The van der Waals surface area contributed by atoms with E-state index in [1.807, 2.05) is 12.1 Å². The lowest BCUT2D eigenvalue weighted by atomic mass is 9.98. The standard InChI is InChI=1S/C23H26N4O6/c1-32-19(29)10-9-16(23(31)33-2)26-22(30)14-6-3-13(4-7-14)5-8-15-12-25-21-20(15)17(28)11-18(24)27-21/h3-4,6-7,12,16,25H,5,8-11H2,1-2H3,(H2,24,27)(H,26,30)/t16-/m0/s1. The van der Waals surface area contributed by atoms with Gasteiger partial charge in [-0.1, -0.05) is 12.1 Å². The van der Waals surface area contributed by atoms with Crippen molar-refractivity contribution < 1.29 is 28.7 Å². The van der Waals surface area contributed by atoms with Crippen molar-refractivity contribution in [2.75, 3.05) is 14.2 Å². The van der Waals surface area contributed by atoms with Gasteiger partial charge >= 0.3 is 11.9 Å². The quantitative estimate of drug-likeness (QED) is 0.486. The van der Waals surface area contributed by atoms with Crippen molar-refractivity contribution in [2.24, 2.45) is 10.7 Å². The smallest absolute Gasteiger partial charge is 0.328 e. The van der Waals surface area contributed by atoms with Crippen LogP contribution in [0.4, 0.5) is 5.82 Å². The number of amides is 1. The van der Waals surface area contributed by atoms with Gasteiger partial charge in [0.1, 0.15) is 17.7 Å². The number of benzene rings is 1. The van der Waals surface area contributed by atoms with Gasteiger partial charge in [-0.2, -0.15) is 0 Å². The maximum atomic E-state index is 12.6. The Kier molecular flexibility index (Phi) is 7.60. The number of esters is 2. The van der Waals surface area contributed by atoms with E-state index < -0.39 is 23.9 Å². The molecule has 0 aliphatic carbocycles. The normalized spacial score (nSPS) is 13.5. The van der Waals surface area contributed by atoms with Crippen molar-refractivity contribution in [3.05, 3.63) is 52.7 Å². The lowest BCUT2D eigenvalue weighted by Gasteiger charge is -2.16. The van der Waals surface area contributed by atoms with E-state index in [1.54, 1.807) is 18.3 Å². The lowest BCUT2D eigenvalue weighted by molar-refractivity contribution is -0.144. The molecule has 1 atom stereocenters. The van der Waals surface area contributed by atoms with E-state index in [1.165, 1.54) is 14.2 Å². The maximum absolute atomic E-state index is 12.6. The molecule has 1 aliphatic rings. The van der Waals surface area contributed by atoms with E-state index in [0.29, 0.717) is 35.6 Å². The van der Waals surface area contributed by atoms with Crippen molar-refractivity contribution in [1.82, 2.24) is 10.3 Å². The summed E-state index contributed by atoms with van der Waals surface area (Å²) in [5, 5.41) is 2.59. The second kappa shape index (κ2) is 10.6. The van der Waals surface area contributed by atoms with Crippen LogP contribution in [0, 0.1) is 0 Å². The third-order valence-electron chi connectivity index (χ3n) is 5.37. The van der Waals surface area contributed by atoms with Crippen LogP contribution in [0.5, 0.6) is 0 Å². The Hall–Kier alpha value is -3.95. The molecule has 1 aliphatic heterocycles. The van der Waals surface area contributed by atoms with Crippen molar-refractivity contribution >= 4 is 35.3 Å². The molecule has 0 radical (unpaired) electrons. The number of hydrogen-bond acceptors (Lipinski definition) is 8. The number of aromatic amines is 1. The summed E-state index contributed by atoms with van der Waals surface area (Å²) >= 11 is 0. The SMILES string of the molecule is COC(=O)CC[C@H](NC(=O)c1ccc(CCc2c[nH]c3c2C(=O)CC(N)=N3)cc1)C(=O)OC. The van der Waals surface area contributed by atoms with Gasteiger partial charge in [0.05, 0.1) is 26.2 Å². The Morgan fingerprint density at radius 2 is 1.88 bits per heavy atom. The van der Waals surface area contributed by atoms with Crippen LogP contribution in [0.3, 0.4) is 0 Å². The van der Waals surface area contributed by atoms with E-state index in [0.717, 1.165) is 11.1 Å². The number of fused-ring (bicyclic) bond motifs is 1. The summed E-state index contributed by atoms with van der Waals surface area (Å²) in [6, 6.07) is 5.97. The van der Waals surface area contributed by atoms with Crippen LogP contribution in [-0.2, 0) is 31.9 Å². The maximum Gasteiger partial charge on any atom is 0.328 e. The number of hydrogen-bond donors (Lipinski definition) is 3. The molecule has 33 heavy (non-hydrogen) atoms. The van der Waals surface area contributed by atoms with E-state index in [2.05, 4.69) is 20.0 Å². The third kappa shape index (κ3) is 5.85. The second-order valence-electron chi connectivity index (χ2n) is 7.60. The molecule has 174 valence electrons. The first-order chi connectivity index (χ1) is 15.8. The Bertz CT molecular complexity index is 1090. The van der Waals surface area contributed by atoms with Crippen LogP contribution in [0.2, 0.25) is 0 Å². The Morgan fingerprint density at radius 1 is 1.15 bits per heavy atom. The summed E-state index contributed by atoms with van der Waals surface area (Å²) in [4.78, 5) is 55.3. The van der Waals surface area contributed by atoms with Crippen molar-refractivity contribution in [3.8, 4) is 0 Å². The number of H-pyrrole nitrogens is 1. The van der Waals surface area contributed by atoms with Gasteiger partial charge in [0.25, 0.3) is 5.91 Å². The summed E-state index contributed by atoms with van der Waals surface area (Å²) in [6.07, 6.45) is 3.21. The second-order valence-corrected chi connectivity index (χ2v) is 7.60. The molecule has 10 heteroatoms. The Balaban J connectivity index is 1.60.